The number of urea groups is 1. The summed E-state index contributed by atoms with van der Waals surface area (Å²) in [6, 6.07) is 15.3. The molecular weight excluding hydrogens is 501 g/mol. The molecule has 2 aromatic carbocycles. The maximum atomic E-state index is 13.6. The first kappa shape index (κ1) is 27.5. The minimum atomic E-state index is -0.525. The summed E-state index contributed by atoms with van der Waals surface area (Å²) in [6.45, 7) is 3.93. The number of aromatic nitrogens is 1. The number of hydrogen-bond donors (Lipinski definition) is 2. The number of ether oxygens (including phenoxy) is 1. The number of nitriles is 1. The van der Waals surface area contributed by atoms with E-state index < -0.39 is 24.0 Å². The highest BCUT2D eigenvalue weighted by Gasteiger charge is 2.34. The predicted molar refractivity (Wildman–Crippen MR) is 148 cm³/mol. The molecule has 0 fully saturated rings. The van der Waals surface area contributed by atoms with Crippen LogP contribution in [-0.4, -0.2) is 70.7 Å². The monoisotopic (exact) mass is 535 g/mol. The highest BCUT2D eigenvalue weighted by molar-refractivity contribution is 5.98. The number of halogens is 1. The van der Waals surface area contributed by atoms with Crippen molar-refractivity contribution in [1.29, 1.82) is 5.26 Å². The Morgan fingerprint density at radius 3 is 2.62 bits per heavy atom. The van der Waals surface area contributed by atoms with E-state index in [-0.39, 0.29) is 39.3 Å². The lowest BCUT2D eigenvalue weighted by atomic mass is 9.99. The lowest BCUT2D eigenvalue weighted by Crippen LogP contribution is -2.50. The maximum Gasteiger partial charge on any atom is 0.321 e. The van der Waals surface area contributed by atoms with Gasteiger partial charge in [-0.15, -0.1) is 0 Å². The summed E-state index contributed by atoms with van der Waals surface area (Å²) in [4.78, 5) is 34.0. The van der Waals surface area contributed by atoms with Gasteiger partial charge in [0.15, 0.2) is 0 Å². The molecule has 39 heavy (non-hydrogen) atoms. The molecule has 9 nitrogen and oxygen atoms in total. The summed E-state index contributed by atoms with van der Waals surface area (Å²) in [7, 11) is 1.62. The third kappa shape index (κ3) is 6.33. The Morgan fingerprint density at radius 2 is 1.97 bits per heavy atom. The number of rotatable bonds is 6. The summed E-state index contributed by atoms with van der Waals surface area (Å²) < 4.78 is 19.5. The summed E-state index contributed by atoms with van der Waals surface area (Å²) in [5.74, 6) is -0.793. The number of fused-ring (bicyclic) bond motifs is 1. The van der Waals surface area contributed by atoms with Crippen LogP contribution in [0.25, 0.3) is 11.1 Å². The zero-order chi connectivity index (χ0) is 28.1. The molecule has 1 aromatic heterocycles. The Kier molecular flexibility index (Phi) is 8.42. The van der Waals surface area contributed by atoms with Gasteiger partial charge in [0.25, 0.3) is 5.91 Å². The quantitative estimate of drug-likeness (QED) is 0.475. The van der Waals surface area contributed by atoms with E-state index in [1.165, 1.54) is 29.2 Å². The molecule has 3 atom stereocenters. The molecule has 4 rings (SSSR count). The molecule has 3 amide bonds. The SMILES string of the molecule is C[C@H](CO)N1C[C@H](C)[C@H](CN(C)C(=O)Nc2ccc(F)cc2)Oc2ncc(-c3ccc(C#N)cc3)cc2C1=O.[HH].[HH]. The molecule has 0 spiro atoms. The fourth-order valence-electron chi connectivity index (χ4n) is 4.32. The van der Waals surface area contributed by atoms with E-state index in [1.54, 1.807) is 55.4 Å². The second-order valence-electron chi connectivity index (χ2n) is 9.71. The third-order valence-corrected chi connectivity index (χ3v) is 6.76. The zero-order valence-electron chi connectivity index (χ0n) is 22.0. The van der Waals surface area contributed by atoms with Gasteiger partial charge in [-0.3, -0.25) is 4.79 Å². The van der Waals surface area contributed by atoms with Crippen LogP contribution < -0.4 is 10.1 Å². The molecule has 0 unspecified atom stereocenters. The largest absolute Gasteiger partial charge is 0.472 e. The van der Waals surface area contributed by atoms with Crippen molar-refractivity contribution in [3.63, 3.8) is 0 Å². The summed E-state index contributed by atoms with van der Waals surface area (Å²) in [5.41, 5.74) is 2.67. The number of carbonyl (C=O) groups excluding carboxylic acids is 2. The van der Waals surface area contributed by atoms with Gasteiger partial charge < -0.3 is 25.0 Å². The Morgan fingerprint density at radius 1 is 1.28 bits per heavy atom. The number of carbonyl (C=O) groups is 2. The number of amides is 3. The molecule has 10 heteroatoms. The average Bonchev–Trinajstić information content (AvgIpc) is 2.95. The molecular formula is C29H34FN5O4. The standard InChI is InChI=1S/C29H30FN5O4.2H2/c1-18-15-35(19(2)17-36)28(37)25-12-22(21-6-4-20(13-31)5-7-21)14-32-27(25)39-26(18)16-34(3)29(38)33-24-10-8-23(30)9-11-24;;/h4-12,14,18-19,26,36H,15-17H2,1-3H3,(H,33,38);2*1H/t18-,19+,26-;;/m0../s1. The Hall–Kier alpha value is -4.49. The van der Waals surface area contributed by atoms with E-state index in [4.69, 9.17) is 10.00 Å². The van der Waals surface area contributed by atoms with Crippen molar-refractivity contribution in [1.82, 2.24) is 14.8 Å². The van der Waals surface area contributed by atoms with Gasteiger partial charge in [0.2, 0.25) is 5.88 Å². The zero-order valence-corrected chi connectivity index (χ0v) is 22.0. The van der Waals surface area contributed by atoms with Crippen molar-refractivity contribution in [2.24, 2.45) is 5.92 Å². The minimum absolute atomic E-state index is 0. The summed E-state index contributed by atoms with van der Waals surface area (Å²) >= 11 is 0. The lowest BCUT2D eigenvalue weighted by Gasteiger charge is -2.37. The van der Waals surface area contributed by atoms with Crippen LogP contribution in [0.3, 0.4) is 0 Å². The fourth-order valence-corrected chi connectivity index (χ4v) is 4.32. The number of hydrogen-bond acceptors (Lipinski definition) is 6. The molecule has 0 saturated carbocycles. The van der Waals surface area contributed by atoms with E-state index in [0.717, 1.165) is 5.56 Å². The minimum Gasteiger partial charge on any atom is -0.472 e. The topological polar surface area (TPSA) is 119 Å². The van der Waals surface area contributed by atoms with Crippen molar-refractivity contribution in [2.75, 3.05) is 32.1 Å². The van der Waals surface area contributed by atoms with Crippen LogP contribution >= 0.6 is 0 Å². The van der Waals surface area contributed by atoms with E-state index in [2.05, 4.69) is 16.4 Å². The van der Waals surface area contributed by atoms with Crippen molar-refractivity contribution in [3.8, 4) is 23.1 Å². The Bertz CT molecular complexity index is 1390. The van der Waals surface area contributed by atoms with Crippen molar-refractivity contribution >= 4 is 17.6 Å². The van der Waals surface area contributed by atoms with Gasteiger partial charge in [0.1, 0.15) is 17.5 Å². The second-order valence-corrected chi connectivity index (χ2v) is 9.71. The molecule has 2 heterocycles. The smallest absolute Gasteiger partial charge is 0.321 e. The number of nitrogens with zero attached hydrogens (tertiary/aromatic N) is 4. The van der Waals surface area contributed by atoms with Gasteiger partial charge in [-0.05, 0) is 55.0 Å². The number of aliphatic hydroxyl groups is 1. The molecule has 1 aliphatic rings. The normalized spacial score (nSPS) is 17.6. The Labute approximate surface area is 229 Å². The molecule has 206 valence electrons. The molecule has 0 radical (unpaired) electrons. The van der Waals surface area contributed by atoms with Crippen LogP contribution in [0, 0.1) is 23.1 Å². The first-order valence-corrected chi connectivity index (χ1v) is 12.6. The number of pyridine rings is 1. The second kappa shape index (κ2) is 11.9. The molecule has 3 aromatic rings. The number of nitrogens with one attached hydrogen (secondary N) is 1. The van der Waals surface area contributed by atoms with Crippen molar-refractivity contribution < 1.29 is 26.7 Å². The number of anilines is 1. The highest BCUT2D eigenvalue weighted by atomic mass is 19.1. The molecule has 0 aliphatic carbocycles. The van der Waals surface area contributed by atoms with Gasteiger partial charge in [0.05, 0.1) is 30.8 Å². The summed E-state index contributed by atoms with van der Waals surface area (Å²) in [6.07, 6.45) is 1.07. The molecule has 0 bridgehead atoms. The van der Waals surface area contributed by atoms with Crippen LogP contribution in [0.2, 0.25) is 0 Å². The molecule has 0 saturated heterocycles. The first-order chi connectivity index (χ1) is 18.7. The fraction of sp³-hybridized carbons (Fsp3) is 0.310. The highest BCUT2D eigenvalue weighted by Crippen LogP contribution is 2.30. The van der Waals surface area contributed by atoms with Crippen LogP contribution in [0.5, 0.6) is 5.88 Å². The number of likely N-dealkylation sites (N-methyl/N-ethyl adjacent to an activating group) is 1. The average molecular weight is 536 g/mol. The predicted octanol–water partition coefficient (Wildman–Crippen LogP) is 4.64. The Balaban J connectivity index is 0.00000294. The van der Waals surface area contributed by atoms with E-state index >= 15 is 0 Å². The van der Waals surface area contributed by atoms with E-state index in [0.29, 0.717) is 23.4 Å². The lowest BCUT2D eigenvalue weighted by molar-refractivity contribution is 0.0356. The van der Waals surface area contributed by atoms with Gasteiger partial charge in [-0.1, -0.05) is 19.1 Å². The van der Waals surface area contributed by atoms with E-state index in [9.17, 15) is 19.1 Å². The van der Waals surface area contributed by atoms with Gasteiger partial charge >= 0.3 is 6.03 Å². The summed E-state index contributed by atoms with van der Waals surface area (Å²) in [5, 5.41) is 21.7. The maximum absolute atomic E-state index is 13.6. The van der Waals surface area contributed by atoms with Crippen LogP contribution in [-0.2, 0) is 0 Å². The first-order valence-electron chi connectivity index (χ1n) is 12.6. The van der Waals surface area contributed by atoms with Crippen molar-refractivity contribution in [2.45, 2.75) is 26.0 Å². The van der Waals surface area contributed by atoms with Crippen LogP contribution in [0.1, 0.15) is 32.6 Å². The van der Waals surface area contributed by atoms with Crippen LogP contribution in [0.15, 0.2) is 60.8 Å². The molecule has 1 aliphatic heterocycles. The van der Waals surface area contributed by atoms with Gasteiger partial charge in [0, 0.05) is 39.8 Å². The van der Waals surface area contributed by atoms with Gasteiger partial charge in [-0.25, -0.2) is 14.2 Å². The van der Waals surface area contributed by atoms with Crippen molar-refractivity contribution in [3.05, 3.63) is 77.7 Å². The van der Waals surface area contributed by atoms with Crippen LogP contribution in [0.4, 0.5) is 14.9 Å². The molecule has 2 N–H and O–H groups in total. The number of benzene rings is 2. The third-order valence-electron chi connectivity index (χ3n) is 6.76. The number of aliphatic hydroxyl groups excluding tert-OH is 1. The van der Waals surface area contributed by atoms with Gasteiger partial charge in [-0.2, -0.15) is 5.26 Å². The van der Waals surface area contributed by atoms with E-state index in [1.807, 2.05) is 6.92 Å².